The van der Waals surface area contributed by atoms with E-state index in [-0.39, 0.29) is 0 Å². The van der Waals surface area contributed by atoms with Gasteiger partial charge in [0.05, 0.1) is 34.2 Å². The summed E-state index contributed by atoms with van der Waals surface area (Å²) in [6.07, 6.45) is 0. The van der Waals surface area contributed by atoms with E-state index in [1.54, 1.807) is 18.2 Å². The molecule has 2 N–H and O–H groups in total. The number of nitrogens with one attached hydrogen (secondary N) is 2. The zero-order chi connectivity index (χ0) is 22.5. The minimum Gasteiger partial charge on any atom is -0.490 e. The van der Waals surface area contributed by atoms with Crippen molar-refractivity contribution in [2.75, 3.05) is 6.61 Å². The smallest absolute Gasteiger partial charge is 0.163 e. The number of rotatable bonds is 9. The van der Waals surface area contributed by atoms with E-state index in [9.17, 15) is 0 Å². The zero-order valence-electron chi connectivity index (χ0n) is 17.4. The van der Waals surface area contributed by atoms with Gasteiger partial charge in [-0.15, -0.1) is 0 Å². The summed E-state index contributed by atoms with van der Waals surface area (Å²) in [5.74, 6) is 2.08. The molecule has 0 atom stereocenters. The second-order valence-electron chi connectivity index (χ2n) is 7.16. The SMILES string of the molecule is CCOc1cc(CNCc2nc3ccccc3[nH]2)c(Cl)cc1OCc1ccc(Cl)c(Cl)c1. The number of ether oxygens (including phenoxy) is 2. The number of hydrogen-bond acceptors (Lipinski definition) is 4. The van der Waals surface area contributed by atoms with Crippen LogP contribution in [0.1, 0.15) is 23.9 Å². The van der Waals surface area contributed by atoms with Gasteiger partial charge in [0.1, 0.15) is 12.4 Å². The van der Waals surface area contributed by atoms with Crippen molar-refractivity contribution in [2.45, 2.75) is 26.6 Å². The summed E-state index contributed by atoms with van der Waals surface area (Å²) in [4.78, 5) is 7.89. The number of H-pyrrole nitrogens is 1. The standard InChI is InChI=1S/C24H22Cl3N3O2/c1-2-31-22-10-16(12-28-13-24-29-20-5-3-4-6-21(20)30-24)18(26)11-23(22)32-14-15-7-8-17(25)19(27)9-15/h3-11,28H,2,12-14H2,1H3,(H,29,30). The van der Waals surface area contributed by atoms with Crippen molar-refractivity contribution in [3.63, 3.8) is 0 Å². The maximum atomic E-state index is 6.54. The number of fused-ring (bicyclic) bond motifs is 1. The highest BCUT2D eigenvalue weighted by Crippen LogP contribution is 2.34. The molecule has 0 unspecified atom stereocenters. The second-order valence-corrected chi connectivity index (χ2v) is 8.39. The molecular formula is C24H22Cl3N3O2. The normalized spacial score (nSPS) is 11.1. The van der Waals surface area contributed by atoms with E-state index in [1.807, 2.05) is 43.3 Å². The zero-order valence-corrected chi connectivity index (χ0v) is 19.7. The first-order valence-electron chi connectivity index (χ1n) is 10.2. The Hall–Kier alpha value is -2.44. The molecule has 0 aliphatic heterocycles. The second kappa shape index (κ2) is 10.5. The van der Waals surface area contributed by atoms with Crippen molar-refractivity contribution in [1.82, 2.24) is 15.3 Å². The van der Waals surface area contributed by atoms with E-state index in [0.717, 1.165) is 28.0 Å². The number of halogens is 3. The van der Waals surface area contributed by atoms with Crippen LogP contribution in [0.25, 0.3) is 11.0 Å². The van der Waals surface area contributed by atoms with Crippen LogP contribution in [-0.2, 0) is 19.7 Å². The Morgan fingerprint density at radius 2 is 1.69 bits per heavy atom. The highest BCUT2D eigenvalue weighted by Gasteiger charge is 2.12. The van der Waals surface area contributed by atoms with Gasteiger partial charge in [-0.3, -0.25) is 0 Å². The minimum atomic E-state index is 0.316. The van der Waals surface area contributed by atoms with Crippen molar-refractivity contribution in [1.29, 1.82) is 0 Å². The van der Waals surface area contributed by atoms with Gasteiger partial charge in [0.15, 0.2) is 11.5 Å². The summed E-state index contributed by atoms with van der Waals surface area (Å²) in [5.41, 5.74) is 3.77. The Balaban J connectivity index is 1.43. The molecule has 32 heavy (non-hydrogen) atoms. The van der Waals surface area contributed by atoms with Gasteiger partial charge in [-0.2, -0.15) is 0 Å². The molecule has 1 aromatic heterocycles. The number of aromatic amines is 1. The van der Waals surface area contributed by atoms with Crippen molar-refractivity contribution in [3.8, 4) is 11.5 Å². The van der Waals surface area contributed by atoms with Gasteiger partial charge in [-0.25, -0.2) is 4.98 Å². The molecule has 166 valence electrons. The minimum absolute atomic E-state index is 0.316. The molecule has 0 spiro atoms. The lowest BCUT2D eigenvalue weighted by molar-refractivity contribution is 0.269. The van der Waals surface area contributed by atoms with E-state index < -0.39 is 0 Å². The summed E-state index contributed by atoms with van der Waals surface area (Å²) in [5, 5.41) is 4.96. The monoisotopic (exact) mass is 489 g/mol. The molecule has 0 aliphatic carbocycles. The molecule has 5 nitrogen and oxygen atoms in total. The fourth-order valence-corrected chi connectivity index (χ4v) is 3.83. The lowest BCUT2D eigenvalue weighted by Crippen LogP contribution is -2.14. The van der Waals surface area contributed by atoms with Gasteiger partial charge >= 0.3 is 0 Å². The number of nitrogens with zero attached hydrogens (tertiary/aromatic N) is 1. The molecule has 3 aromatic carbocycles. The lowest BCUT2D eigenvalue weighted by Gasteiger charge is -2.15. The summed E-state index contributed by atoms with van der Waals surface area (Å²) in [6.45, 7) is 3.90. The Kier molecular flexibility index (Phi) is 7.43. The first-order valence-corrected chi connectivity index (χ1v) is 11.3. The van der Waals surface area contributed by atoms with Crippen molar-refractivity contribution in [2.24, 2.45) is 0 Å². The van der Waals surface area contributed by atoms with E-state index in [4.69, 9.17) is 44.3 Å². The number of imidazole rings is 1. The number of hydrogen-bond donors (Lipinski definition) is 2. The van der Waals surface area contributed by atoms with Crippen LogP contribution in [0.4, 0.5) is 0 Å². The third-order valence-corrected chi connectivity index (χ3v) is 5.93. The van der Waals surface area contributed by atoms with Gasteiger partial charge < -0.3 is 19.8 Å². The van der Waals surface area contributed by atoms with E-state index in [0.29, 0.717) is 52.9 Å². The van der Waals surface area contributed by atoms with Crippen LogP contribution >= 0.6 is 34.8 Å². The van der Waals surface area contributed by atoms with Crippen molar-refractivity contribution >= 4 is 45.8 Å². The summed E-state index contributed by atoms with van der Waals surface area (Å²) in [6, 6.07) is 17.0. The van der Waals surface area contributed by atoms with E-state index >= 15 is 0 Å². The maximum absolute atomic E-state index is 6.54. The predicted octanol–water partition coefficient (Wildman–Crippen LogP) is 6.79. The molecule has 1 heterocycles. The average Bonchev–Trinajstić information content (AvgIpc) is 3.20. The molecule has 0 radical (unpaired) electrons. The topological polar surface area (TPSA) is 59.2 Å². The largest absolute Gasteiger partial charge is 0.490 e. The quantitative estimate of drug-likeness (QED) is 0.271. The summed E-state index contributed by atoms with van der Waals surface area (Å²) in [7, 11) is 0. The Morgan fingerprint density at radius 3 is 2.47 bits per heavy atom. The molecule has 4 rings (SSSR count). The van der Waals surface area contributed by atoms with Gasteiger partial charge in [0, 0.05) is 17.6 Å². The Morgan fingerprint density at radius 1 is 0.875 bits per heavy atom. The first-order chi connectivity index (χ1) is 15.5. The first kappa shape index (κ1) is 22.7. The van der Waals surface area contributed by atoms with Gasteiger partial charge in [-0.1, -0.05) is 53.0 Å². The van der Waals surface area contributed by atoms with Crippen LogP contribution < -0.4 is 14.8 Å². The number of benzene rings is 3. The average molecular weight is 491 g/mol. The van der Waals surface area contributed by atoms with Gasteiger partial charge in [0.2, 0.25) is 0 Å². The highest BCUT2D eigenvalue weighted by atomic mass is 35.5. The Bertz CT molecular complexity index is 1190. The van der Waals surface area contributed by atoms with Crippen LogP contribution in [0.5, 0.6) is 11.5 Å². The van der Waals surface area contributed by atoms with Crippen LogP contribution in [-0.4, -0.2) is 16.6 Å². The van der Waals surface area contributed by atoms with Crippen molar-refractivity contribution < 1.29 is 9.47 Å². The molecule has 0 saturated carbocycles. The molecule has 4 aromatic rings. The predicted molar refractivity (Wildman–Crippen MR) is 130 cm³/mol. The molecule has 0 amide bonds. The third-order valence-electron chi connectivity index (χ3n) is 4.84. The fraction of sp³-hybridized carbons (Fsp3) is 0.208. The lowest BCUT2D eigenvalue weighted by atomic mass is 10.2. The third kappa shape index (κ3) is 5.48. The molecule has 0 saturated heterocycles. The Labute approximate surface area is 201 Å². The van der Waals surface area contributed by atoms with E-state index in [1.165, 1.54) is 0 Å². The van der Waals surface area contributed by atoms with Crippen LogP contribution in [0.3, 0.4) is 0 Å². The molecule has 8 heteroatoms. The molecule has 0 fully saturated rings. The molecular weight excluding hydrogens is 469 g/mol. The molecule has 0 aliphatic rings. The number of para-hydroxylation sites is 2. The highest BCUT2D eigenvalue weighted by molar-refractivity contribution is 6.42. The van der Waals surface area contributed by atoms with E-state index in [2.05, 4.69) is 15.3 Å². The van der Waals surface area contributed by atoms with Crippen LogP contribution in [0.15, 0.2) is 54.6 Å². The van der Waals surface area contributed by atoms with Gasteiger partial charge in [-0.05, 0) is 48.4 Å². The maximum Gasteiger partial charge on any atom is 0.163 e. The fourth-order valence-electron chi connectivity index (χ4n) is 3.29. The van der Waals surface area contributed by atoms with Crippen LogP contribution in [0, 0.1) is 0 Å². The van der Waals surface area contributed by atoms with Gasteiger partial charge in [0.25, 0.3) is 0 Å². The summed E-state index contributed by atoms with van der Waals surface area (Å²) < 4.78 is 11.8. The molecule has 0 bridgehead atoms. The van der Waals surface area contributed by atoms with Crippen molar-refractivity contribution in [3.05, 3.63) is 86.6 Å². The van der Waals surface area contributed by atoms with Crippen LogP contribution in [0.2, 0.25) is 15.1 Å². The number of aromatic nitrogens is 2. The summed E-state index contributed by atoms with van der Waals surface area (Å²) >= 11 is 18.6.